The van der Waals surface area contributed by atoms with Crippen LogP contribution in [-0.4, -0.2) is 55.1 Å². The fourth-order valence-corrected chi connectivity index (χ4v) is 5.55. The average molecular weight is 454 g/mol. The van der Waals surface area contributed by atoms with E-state index in [0.29, 0.717) is 24.2 Å². The van der Waals surface area contributed by atoms with E-state index in [2.05, 4.69) is 4.99 Å². The van der Waals surface area contributed by atoms with Crippen molar-refractivity contribution in [1.82, 2.24) is 8.87 Å². The molecule has 1 aliphatic heterocycles. The maximum Gasteiger partial charge on any atom is 0.326 e. The van der Waals surface area contributed by atoms with Gasteiger partial charge in [-0.15, -0.1) is 0 Å². The van der Waals surface area contributed by atoms with E-state index in [1.807, 2.05) is 26.0 Å². The predicted molar refractivity (Wildman–Crippen MR) is 116 cm³/mol. The van der Waals surface area contributed by atoms with Gasteiger partial charge in [-0.05, 0) is 56.9 Å². The van der Waals surface area contributed by atoms with E-state index in [4.69, 9.17) is 4.74 Å². The van der Waals surface area contributed by atoms with E-state index >= 15 is 0 Å². The molecule has 0 spiro atoms. The summed E-state index contributed by atoms with van der Waals surface area (Å²) < 4.78 is 32.8. The number of amides is 1. The van der Waals surface area contributed by atoms with Crippen molar-refractivity contribution >= 4 is 43.5 Å². The van der Waals surface area contributed by atoms with E-state index in [1.54, 1.807) is 11.5 Å². The highest BCUT2D eigenvalue weighted by molar-refractivity contribution is 7.88. The fourth-order valence-electron chi connectivity index (χ4n) is 3.53. The topological polar surface area (TPSA) is 98.0 Å². The molecule has 0 bridgehead atoms. The number of fused-ring (bicyclic) bond motifs is 1. The minimum atomic E-state index is -3.35. The number of nitrogens with zero attached hydrogens (tertiary/aromatic N) is 3. The Morgan fingerprint density at radius 1 is 1.27 bits per heavy atom. The number of piperidine rings is 1. The summed E-state index contributed by atoms with van der Waals surface area (Å²) in [6.45, 7) is 6.54. The average Bonchev–Trinajstić information content (AvgIpc) is 2.98. The van der Waals surface area contributed by atoms with E-state index < -0.39 is 21.9 Å². The van der Waals surface area contributed by atoms with Gasteiger partial charge in [-0.2, -0.15) is 4.99 Å². The maximum atomic E-state index is 12.9. The molecule has 0 aliphatic carbocycles. The number of carbonyl (C=O) groups is 2. The normalized spacial score (nSPS) is 18.7. The predicted octanol–water partition coefficient (Wildman–Crippen LogP) is 1.98. The monoisotopic (exact) mass is 453 g/mol. The standard InChI is InChI=1S/C20H27N3O5S2/c1-5-28-18(24)12-23-16-9-13(2)14(3)10-17(16)29-20(23)21-19(25)15-7-6-8-22(11-15)30(4,26)27/h9-10,15H,5-8,11-12H2,1-4H3. The lowest BCUT2D eigenvalue weighted by Gasteiger charge is -2.28. The van der Waals surface area contributed by atoms with Gasteiger partial charge < -0.3 is 9.30 Å². The second-order valence-corrected chi connectivity index (χ2v) is 10.6. The number of sulfonamides is 1. The Kier molecular flexibility index (Phi) is 6.78. The molecule has 2 heterocycles. The van der Waals surface area contributed by atoms with Crippen LogP contribution >= 0.6 is 11.3 Å². The first-order valence-electron chi connectivity index (χ1n) is 9.90. The Morgan fingerprint density at radius 2 is 1.97 bits per heavy atom. The number of benzene rings is 1. The highest BCUT2D eigenvalue weighted by atomic mass is 32.2. The Hall–Kier alpha value is -2.04. The molecule has 2 aromatic rings. The number of aromatic nitrogens is 1. The zero-order valence-corrected chi connectivity index (χ0v) is 19.3. The van der Waals surface area contributed by atoms with Crippen molar-refractivity contribution in [1.29, 1.82) is 0 Å². The van der Waals surface area contributed by atoms with Crippen molar-refractivity contribution in [3.63, 3.8) is 0 Å². The summed E-state index contributed by atoms with van der Waals surface area (Å²) in [6, 6.07) is 4.00. The second-order valence-electron chi connectivity index (χ2n) is 7.59. The van der Waals surface area contributed by atoms with Crippen molar-refractivity contribution in [2.45, 2.75) is 40.2 Å². The van der Waals surface area contributed by atoms with Crippen LogP contribution in [0.2, 0.25) is 0 Å². The van der Waals surface area contributed by atoms with Gasteiger partial charge in [0.25, 0.3) is 5.91 Å². The summed E-state index contributed by atoms with van der Waals surface area (Å²) in [6.07, 6.45) is 2.36. The molecule has 3 rings (SSSR count). The van der Waals surface area contributed by atoms with E-state index in [0.717, 1.165) is 27.6 Å². The molecule has 1 saturated heterocycles. The number of esters is 1. The number of thiazole rings is 1. The number of rotatable bonds is 5. The first-order chi connectivity index (χ1) is 14.1. The van der Waals surface area contributed by atoms with Crippen LogP contribution in [0.5, 0.6) is 0 Å². The molecule has 1 atom stereocenters. The van der Waals surface area contributed by atoms with Crippen molar-refractivity contribution in [2.24, 2.45) is 10.9 Å². The van der Waals surface area contributed by atoms with Crippen LogP contribution in [0, 0.1) is 19.8 Å². The van der Waals surface area contributed by atoms with Gasteiger partial charge >= 0.3 is 5.97 Å². The van der Waals surface area contributed by atoms with E-state index in [9.17, 15) is 18.0 Å². The van der Waals surface area contributed by atoms with Crippen LogP contribution in [0.4, 0.5) is 0 Å². The fraction of sp³-hybridized carbons (Fsp3) is 0.550. The van der Waals surface area contributed by atoms with Gasteiger partial charge in [-0.3, -0.25) is 9.59 Å². The lowest BCUT2D eigenvalue weighted by Crippen LogP contribution is -2.41. The van der Waals surface area contributed by atoms with Gasteiger partial charge in [0.2, 0.25) is 10.0 Å². The van der Waals surface area contributed by atoms with Crippen molar-refractivity contribution < 1.29 is 22.7 Å². The molecule has 0 saturated carbocycles. The molecule has 30 heavy (non-hydrogen) atoms. The minimum Gasteiger partial charge on any atom is -0.465 e. The molecule has 1 aromatic heterocycles. The summed E-state index contributed by atoms with van der Waals surface area (Å²) in [5.74, 6) is -1.25. The largest absolute Gasteiger partial charge is 0.465 e. The highest BCUT2D eigenvalue weighted by Crippen LogP contribution is 2.23. The van der Waals surface area contributed by atoms with Crippen LogP contribution in [-0.2, 0) is 30.9 Å². The quantitative estimate of drug-likeness (QED) is 0.645. The van der Waals surface area contributed by atoms with Crippen LogP contribution < -0.4 is 4.80 Å². The molecule has 1 unspecified atom stereocenters. The van der Waals surface area contributed by atoms with Crippen molar-refractivity contribution in [3.8, 4) is 0 Å². The minimum absolute atomic E-state index is 0.0391. The molecule has 1 amide bonds. The van der Waals surface area contributed by atoms with Gasteiger partial charge in [0, 0.05) is 13.1 Å². The summed E-state index contributed by atoms with van der Waals surface area (Å²) in [7, 11) is -3.35. The number of hydrogen-bond acceptors (Lipinski definition) is 6. The van der Waals surface area contributed by atoms with Crippen LogP contribution in [0.1, 0.15) is 30.9 Å². The first kappa shape index (κ1) is 22.6. The van der Waals surface area contributed by atoms with Gasteiger partial charge in [-0.1, -0.05) is 11.3 Å². The molecule has 1 aliphatic rings. The smallest absolute Gasteiger partial charge is 0.326 e. The van der Waals surface area contributed by atoms with Gasteiger partial charge in [-0.25, -0.2) is 12.7 Å². The third-order valence-electron chi connectivity index (χ3n) is 5.30. The first-order valence-corrected chi connectivity index (χ1v) is 12.6. The Balaban J connectivity index is 2.01. The molecule has 0 radical (unpaired) electrons. The SMILES string of the molecule is CCOC(=O)Cn1c(=NC(=O)C2CCCN(S(C)(=O)=O)C2)sc2cc(C)c(C)cc21. The Labute approximate surface area is 180 Å². The molecule has 10 heteroatoms. The third kappa shape index (κ3) is 4.98. The van der Waals surface area contributed by atoms with E-state index in [1.165, 1.54) is 15.6 Å². The zero-order valence-electron chi connectivity index (χ0n) is 17.7. The molecule has 1 fully saturated rings. The summed E-state index contributed by atoms with van der Waals surface area (Å²) >= 11 is 1.34. The zero-order chi connectivity index (χ0) is 22.1. The summed E-state index contributed by atoms with van der Waals surface area (Å²) in [5, 5.41) is 0. The second kappa shape index (κ2) is 8.99. The third-order valence-corrected chi connectivity index (χ3v) is 7.61. The van der Waals surface area contributed by atoms with Gasteiger partial charge in [0.1, 0.15) is 6.54 Å². The molecule has 0 N–H and O–H groups in total. The molecular formula is C20H27N3O5S2. The maximum absolute atomic E-state index is 12.9. The van der Waals surface area contributed by atoms with E-state index in [-0.39, 0.29) is 25.6 Å². The molecule has 1 aromatic carbocycles. The summed E-state index contributed by atoms with van der Waals surface area (Å²) in [5.41, 5.74) is 3.01. The lowest BCUT2D eigenvalue weighted by atomic mass is 9.99. The number of carbonyl (C=O) groups excluding carboxylic acids is 2. The van der Waals surface area contributed by atoms with Gasteiger partial charge in [0.05, 0.1) is 29.0 Å². The molecular weight excluding hydrogens is 426 g/mol. The van der Waals surface area contributed by atoms with Crippen molar-refractivity contribution in [3.05, 3.63) is 28.1 Å². The van der Waals surface area contributed by atoms with Crippen LogP contribution in [0.25, 0.3) is 10.2 Å². The summed E-state index contributed by atoms with van der Waals surface area (Å²) in [4.78, 5) is 29.8. The number of ether oxygens (including phenoxy) is 1. The Bertz CT molecular complexity index is 1150. The Morgan fingerprint density at radius 3 is 2.63 bits per heavy atom. The van der Waals surface area contributed by atoms with Crippen molar-refractivity contribution in [2.75, 3.05) is 26.0 Å². The molecule has 8 nitrogen and oxygen atoms in total. The van der Waals surface area contributed by atoms with Crippen LogP contribution in [0.15, 0.2) is 17.1 Å². The molecule has 164 valence electrons. The number of hydrogen-bond donors (Lipinski definition) is 0. The highest BCUT2D eigenvalue weighted by Gasteiger charge is 2.30. The van der Waals surface area contributed by atoms with Gasteiger partial charge in [0.15, 0.2) is 4.80 Å². The number of aryl methyl sites for hydroxylation is 2. The van der Waals surface area contributed by atoms with Crippen LogP contribution in [0.3, 0.4) is 0 Å². The lowest BCUT2D eigenvalue weighted by molar-refractivity contribution is -0.143.